The van der Waals surface area contributed by atoms with E-state index in [1.54, 1.807) is 6.07 Å². The number of esters is 1. The van der Waals surface area contributed by atoms with Crippen LogP contribution >= 0.6 is 11.6 Å². The summed E-state index contributed by atoms with van der Waals surface area (Å²) in [6.07, 6.45) is 0. The number of hydrogen-bond donors (Lipinski definition) is 1. The summed E-state index contributed by atoms with van der Waals surface area (Å²) in [5.41, 5.74) is 6.25. The SMILES string of the molecule is N#Cc1ccc(COC(=O)c2c(N)cccc2Cl)c(F)c1. The third-order valence-corrected chi connectivity index (χ3v) is 3.11. The second kappa shape index (κ2) is 6.25. The number of hydrogen-bond acceptors (Lipinski definition) is 4. The van der Waals surface area contributed by atoms with E-state index >= 15 is 0 Å². The number of benzene rings is 2. The Morgan fingerprint density at radius 3 is 2.76 bits per heavy atom. The summed E-state index contributed by atoms with van der Waals surface area (Å²) in [5.74, 6) is -1.35. The third kappa shape index (κ3) is 3.30. The summed E-state index contributed by atoms with van der Waals surface area (Å²) in [7, 11) is 0. The lowest BCUT2D eigenvalue weighted by molar-refractivity contribution is 0.0470. The van der Waals surface area contributed by atoms with Crippen LogP contribution in [-0.4, -0.2) is 5.97 Å². The Morgan fingerprint density at radius 2 is 2.14 bits per heavy atom. The molecule has 2 aromatic carbocycles. The first-order chi connectivity index (χ1) is 10.0. The predicted molar refractivity (Wildman–Crippen MR) is 76.1 cm³/mol. The molecule has 0 heterocycles. The average Bonchev–Trinajstić information content (AvgIpc) is 2.45. The first-order valence-corrected chi connectivity index (χ1v) is 6.30. The molecule has 2 aromatic rings. The van der Waals surface area contributed by atoms with Crippen LogP contribution in [0.4, 0.5) is 10.1 Å². The van der Waals surface area contributed by atoms with Crippen LogP contribution in [0.15, 0.2) is 36.4 Å². The van der Waals surface area contributed by atoms with Crippen molar-refractivity contribution in [2.24, 2.45) is 0 Å². The van der Waals surface area contributed by atoms with Gasteiger partial charge in [0, 0.05) is 11.3 Å². The van der Waals surface area contributed by atoms with Crippen LogP contribution in [0.2, 0.25) is 5.02 Å². The Balaban J connectivity index is 2.13. The molecule has 0 amide bonds. The highest BCUT2D eigenvalue weighted by atomic mass is 35.5. The molecule has 106 valence electrons. The highest BCUT2D eigenvalue weighted by molar-refractivity contribution is 6.34. The molecule has 0 radical (unpaired) electrons. The van der Waals surface area contributed by atoms with Crippen molar-refractivity contribution in [1.29, 1.82) is 5.26 Å². The fraction of sp³-hybridized carbons (Fsp3) is 0.0667. The summed E-state index contributed by atoms with van der Waals surface area (Å²) in [6.45, 7) is -0.277. The van der Waals surface area contributed by atoms with E-state index in [0.717, 1.165) is 6.07 Å². The molecule has 4 nitrogen and oxygen atoms in total. The molecule has 0 atom stereocenters. The third-order valence-electron chi connectivity index (χ3n) is 2.79. The van der Waals surface area contributed by atoms with Crippen molar-refractivity contribution < 1.29 is 13.9 Å². The normalized spacial score (nSPS) is 9.95. The quantitative estimate of drug-likeness (QED) is 0.697. The van der Waals surface area contributed by atoms with Gasteiger partial charge in [-0.2, -0.15) is 5.26 Å². The molecule has 2 rings (SSSR count). The van der Waals surface area contributed by atoms with Gasteiger partial charge < -0.3 is 10.5 Å². The van der Waals surface area contributed by atoms with E-state index < -0.39 is 11.8 Å². The Kier molecular flexibility index (Phi) is 4.41. The Morgan fingerprint density at radius 1 is 1.38 bits per heavy atom. The van der Waals surface area contributed by atoms with Crippen LogP contribution in [0.3, 0.4) is 0 Å². The second-order valence-electron chi connectivity index (χ2n) is 4.20. The first-order valence-electron chi connectivity index (χ1n) is 5.92. The highest BCUT2D eigenvalue weighted by Crippen LogP contribution is 2.23. The van der Waals surface area contributed by atoms with E-state index in [2.05, 4.69) is 0 Å². The molecular formula is C15H10ClFN2O2. The number of halogens is 2. The van der Waals surface area contributed by atoms with Crippen molar-refractivity contribution in [1.82, 2.24) is 0 Å². The van der Waals surface area contributed by atoms with Crippen molar-refractivity contribution in [2.45, 2.75) is 6.61 Å². The van der Waals surface area contributed by atoms with Gasteiger partial charge in [0.15, 0.2) is 0 Å². The van der Waals surface area contributed by atoms with Gasteiger partial charge in [-0.15, -0.1) is 0 Å². The van der Waals surface area contributed by atoms with Gasteiger partial charge in [0.1, 0.15) is 18.0 Å². The van der Waals surface area contributed by atoms with Crippen LogP contribution < -0.4 is 5.73 Å². The fourth-order valence-corrected chi connectivity index (χ4v) is 1.96. The van der Waals surface area contributed by atoms with Crippen molar-refractivity contribution in [3.63, 3.8) is 0 Å². The van der Waals surface area contributed by atoms with E-state index in [1.165, 1.54) is 24.3 Å². The van der Waals surface area contributed by atoms with Gasteiger partial charge in [-0.1, -0.05) is 23.7 Å². The summed E-state index contributed by atoms with van der Waals surface area (Å²) >= 11 is 5.89. The zero-order valence-electron chi connectivity index (χ0n) is 10.8. The molecule has 21 heavy (non-hydrogen) atoms. The summed E-state index contributed by atoms with van der Waals surface area (Å²) in [5, 5.41) is 8.82. The first kappa shape index (κ1) is 14.8. The molecule has 0 aliphatic heterocycles. The van der Waals surface area contributed by atoms with Gasteiger partial charge in [-0.3, -0.25) is 0 Å². The van der Waals surface area contributed by atoms with Gasteiger partial charge in [0.05, 0.1) is 16.7 Å². The number of ether oxygens (including phenoxy) is 1. The van der Waals surface area contributed by atoms with Gasteiger partial charge in [0.25, 0.3) is 0 Å². The van der Waals surface area contributed by atoms with Crippen molar-refractivity contribution in [3.8, 4) is 6.07 Å². The molecule has 2 N–H and O–H groups in total. The van der Waals surface area contributed by atoms with E-state index in [-0.39, 0.29) is 34.0 Å². The molecule has 0 aromatic heterocycles. The lowest BCUT2D eigenvalue weighted by atomic mass is 10.1. The maximum Gasteiger partial charge on any atom is 0.342 e. The van der Waals surface area contributed by atoms with Crippen molar-refractivity contribution in [3.05, 3.63) is 63.9 Å². The van der Waals surface area contributed by atoms with Gasteiger partial charge in [-0.25, -0.2) is 9.18 Å². The molecule has 0 saturated heterocycles. The topological polar surface area (TPSA) is 76.1 Å². The fourth-order valence-electron chi connectivity index (χ4n) is 1.71. The number of anilines is 1. The van der Waals surface area contributed by atoms with Crippen LogP contribution in [0.5, 0.6) is 0 Å². The van der Waals surface area contributed by atoms with Gasteiger partial charge >= 0.3 is 5.97 Å². The Hall–Kier alpha value is -2.58. The summed E-state index contributed by atoms with van der Waals surface area (Å²) in [6, 6.07) is 10.4. The summed E-state index contributed by atoms with van der Waals surface area (Å²) in [4.78, 5) is 11.9. The molecule has 0 fully saturated rings. The second-order valence-corrected chi connectivity index (χ2v) is 4.61. The zero-order valence-corrected chi connectivity index (χ0v) is 11.5. The van der Waals surface area contributed by atoms with E-state index in [9.17, 15) is 9.18 Å². The van der Waals surface area contributed by atoms with E-state index in [4.69, 9.17) is 27.3 Å². The number of carbonyl (C=O) groups is 1. The van der Waals surface area contributed by atoms with E-state index in [1.807, 2.05) is 6.07 Å². The molecular weight excluding hydrogens is 295 g/mol. The number of nitrogens with two attached hydrogens (primary N) is 1. The number of nitriles is 1. The van der Waals surface area contributed by atoms with E-state index in [0.29, 0.717) is 0 Å². The average molecular weight is 305 g/mol. The molecule has 0 unspecified atom stereocenters. The number of carbonyl (C=O) groups excluding carboxylic acids is 1. The largest absolute Gasteiger partial charge is 0.457 e. The molecule has 0 aliphatic carbocycles. The molecule has 0 saturated carbocycles. The summed E-state index contributed by atoms with van der Waals surface area (Å²) < 4.78 is 18.7. The van der Waals surface area contributed by atoms with Crippen molar-refractivity contribution in [2.75, 3.05) is 5.73 Å². The maximum absolute atomic E-state index is 13.7. The molecule has 0 spiro atoms. The smallest absolute Gasteiger partial charge is 0.342 e. The highest BCUT2D eigenvalue weighted by Gasteiger charge is 2.16. The minimum Gasteiger partial charge on any atom is -0.457 e. The maximum atomic E-state index is 13.7. The minimum absolute atomic E-state index is 0.0493. The molecule has 6 heteroatoms. The Bertz CT molecular complexity index is 721. The van der Waals surface area contributed by atoms with Crippen LogP contribution in [0.25, 0.3) is 0 Å². The number of nitrogens with zero attached hydrogens (tertiary/aromatic N) is 1. The van der Waals surface area contributed by atoms with Crippen LogP contribution in [0, 0.1) is 17.1 Å². The zero-order chi connectivity index (χ0) is 15.4. The van der Waals surface area contributed by atoms with Gasteiger partial charge in [-0.05, 0) is 24.3 Å². The standard InChI is InChI=1S/C15H10ClFN2O2/c16-11-2-1-3-13(19)14(11)15(20)21-8-10-5-4-9(7-18)6-12(10)17/h1-6H,8,19H2. The van der Waals surface area contributed by atoms with Crippen LogP contribution in [-0.2, 0) is 11.3 Å². The lowest BCUT2D eigenvalue weighted by Gasteiger charge is -2.09. The number of rotatable bonds is 3. The Labute approximate surface area is 125 Å². The monoisotopic (exact) mass is 304 g/mol. The molecule has 0 aliphatic rings. The minimum atomic E-state index is -0.734. The number of nitrogen functional groups attached to an aromatic ring is 1. The predicted octanol–water partition coefficient (Wildman–Crippen LogP) is 3.29. The molecule has 0 bridgehead atoms. The van der Waals surface area contributed by atoms with Gasteiger partial charge in [0.2, 0.25) is 0 Å². The lowest BCUT2D eigenvalue weighted by Crippen LogP contribution is -2.09. The van der Waals surface area contributed by atoms with Crippen molar-refractivity contribution >= 4 is 23.3 Å². The van der Waals surface area contributed by atoms with Crippen LogP contribution in [0.1, 0.15) is 21.5 Å².